The van der Waals surface area contributed by atoms with Crippen molar-refractivity contribution in [2.75, 3.05) is 13.1 Å². The van der Waals surface area contributed by atoms with Crippen LogP contribution in [0.25, 0.3) is 0 Å². The molecule has 1 aromatic rings. The van der Waals surface area contributed by atoms with E-state index in [0.29, 0.717) is 23.8 Å². The number of pyridine rings is 1. The minimum atomic E-state index is -0.108. The third-order valence-electron chi connectivity index (χ3n) is 3.13. The third-order valence-corrected chi connectivity index (χ3v) is 3.37. The summed E-state index contributed by atoms with van der Waals surface area (Å²) in [5.74, 6) is -0.134. The minimum absolute atomic E-state index is 0.0266. The number of amides is 2. The topological polar surface area (TPSA) is 62.3 Å². The summed E-state index contributed by atoms with van der Waals surface area (Å²) in [6.45, 7) is 2.75. The number of carbonyl (C=O) groups is 2. The van der Waals surface area contributed by atoms with Crippen LogP contribution in [-0.4, -0.2) is 40.8 Å². The molecule has 5 nitrogen and oxygen atoms in total. The minimum Gasteiger partial charge on any atom is -0.353 e. The Morgan fingerprint density at radius 2 is 2.11 bits per heavy atom. The van der Waals surface area contributed by atoms with E-state index in [4.69, 9.17) is 11.6 Å². The molecule has 1 aliphatic rings. The maximum Gasteiger partial charge on any atom is 0.272 e. The van der Waals surface area contributed by atoms with Crippen LogP contribution in [0.1, 0.15) is 30.3 Å². The second-order valence-electron chi connectivity index (χ2n) is 4.63. The van der Waals surface area contributed by atoms with Crippen LogP contribution in [0.15, 0.2) is 18.3 Å². The highest BCUT2D eigenvalue weighted by Gasteiger charge is 2.24. The molecule has 0 radical (unpaired) electrons. The fraction of sp³-hybridized carbons (Fsp3) is 0.462. The third kappa shape index (κ3) is 3.67. The van der Waals surface area contributed by atoms with Gasteiger partial charge in [0, 0.05) is 37.3 Å². The SMILES string of the molecule is CC(=O)NC1CCN(C(=O)c2cc(Cl)ccn2)CC1. The van der Waals surface area contributed by atoms with Gasteiger partial charge in [0.2, 0.25) is 5.91 Å². The van der Waals surface area contributed by atoms with E-state index in [0.717, 1.165) is 12.8 Å². The Labute approximate surface area is 117 Å². The summed E-state index contributed by atoms with van der Waals surface area (Å²) in [6.07, 6.45) is 3.07. The van der Waals surface area contributed by atoms with Crippen molar-refractivity contribution in [3.05, 3.63) is 29.0 Å². The number of rotatable bonds is 2. The fourth-order valence-corrected chi connectivity index (χ4v) is 2.36. The molecule has 1 N–H and O–H groups in total. The summed E-state index contributed by atoms with van der Waals surface area (Å²) in [6, 6.07) is 3.37. The van der Waals surface area contributed by atoms with E-state index in [-0.39, 0.29) is 17.9 Å². The van der Waals surface area contributed by atoms with Crippen molar-refractivity contribution >= 4 is 23.4 Å². The van der Waals surface area contributed by atoms with E-state index in [1.807, 2.05) is 0 Å². The average Bonchev–Trinajstić information content (AvgIpc) is 2.38. The van der Waals surface area contributed by atoms with Crippen LogP contribution in [0.3, 0.4) is 0 Å². The highest BCUT2D eigenvalue weighted by molar-refractivity contribution is 6.30. The molecular formula is C13H16ClN3O2. The Hall–Kier alpha value is -1.62. The molecule has 2 rings (SSSR count). The molecule has 0 atom stereocenters. The van der Waals surface area contributed by atoms with Crippen LogP contribution in [-0.2, 0) is 4.79 Å². The molecule has 0 aliphatic carbocycles. The highest BCUT2D eigenvalue weighted by Crippen LogP contribution is 2.15. The number of halogens is 1. The first-order valence-corrected chi connectivity index (χ1v) is 6.62. The molecule has 6 heteroatoms. The molecule has 0 bridgehead atoms. The van der Waals surface area contributed by atoms with E-state index in [2.05, 4.69) is 10.3 Å². The first-order valence-electron chi connectivity index (χ1n) is 6.24. The molecule has 0 unspecified atom stereocenters. The summed E-state index contributed by atoms with van der Waals surface area (Å²) in [7, 11) is 0. The quantitative estimate of drug-likeness (QED) is 0.893. The van der Waals surface area contributed by atoms with Crippen molar-refractivity contribution in [3.8, 4) is 0 Å². The molecule has 2 heterocycles. The van der Waals surface area contributed by atoms with Gasteiger partial charge in [-0.1, -0.05) is 11.6 Å². The lowest BCUT2D eigenvalue weighted by Crippen LogP contribution is -2.46. The lowest BCUT2D eigenvalue weighted by Gasteiger charge is -2.32. The van der Waals surface area contributed by atoms with Crippen molar-refractivity contribution in [2.24, 2.45) is 0 Å². The van der Waals surface area contributed by atoms with Crippen molar-refractivity contribution in [2.45, 2.75) is 25.8 Å². The van der Waals surface area contributed by atoms with Gasteiger partial charge in [-0.05, 0) is 25.0 Å². The van der Waals surface area contributed by atoms with Gasteiger partial charge in [0.1, 0.15) is 5.69 Å². The van der Waals surface area contributed by atoms with Crippen LogP contribution >= 0.6 is 11.6 Å². The first kappa shape index (κ1) is 13.8. The molecule has 1 fully saturated rings. The van der Waals surface area contributed by atoms with Gasteiger partial charge in [0.15, 0.2) is 0 Å². The Morgan fingerprint density at radius 1 is 1.42 bits per heavy atom. The molecule has 1 saturated heterocycles. The van der Waals surface area contributed by atoms with E-state index in [1.54, 1.807) is 17.0 Å². The van der Waals surface area contributed by atoms with Crippen LogP contribution in [0.4, 0.5) is 0 Å². The standard InChI is InChI=1S/C13H16ClN3O2/c1-9(18)16-11-3-6-17(7-4-11)13(19)12-8-10(14)2-5-15-12/h2,5,8,11H,3-4,6-7H2,1H3,(H,16,18). The predicted molar refractivity (Wildman–Crippen MR) is 72.0 cm³/mol. The van der Waals surface area contributed by atoms with Crippen molar-refractivity contribution in [1.29, 1.82) is 0 Å². The second-order valence-corrected chi connectivity index (χ2v) is 5.06. The summed E-state index contributed by atoms with van der Waals surface area (Å²) in [5.41, 5.74) is 0.366. The molecule has 1 aromatic heterocycles. The van der Waals surface area contributed by atoms with Gasteiger partial charge in [-0.25, -0.2) is 0 Å². The van der Waals surface area contributed by atoms with Gasteiger partial charge >= 0.3 is 0 Å². The number of hydrogen-bond donors (Lipinski definition) is 1. The lowest BCUT2D eigenvalue weighted by atomic mass is 10.0. The molecule has 0 spiro atoms. The smallest absolute Gasteiger partial charge is 0.272 e. The second kappa shape index (κ2) is 6.02. The Kier molecular flexibility index (Phi) is 4.37. The maximum atomic E-state index is 12.2. The molecule has 0 aromatic carbocycles. The molecule has 0 saturated carbocycles. The molecule has 1 aliphatic heterocycles. The van der Waals surface area contributed by atoms with Crippen LogP contribution < -0.4 is 5.32 Å². The monoisotopic (exact) mass is 281 g/mol. The zero-order chi connectivity index (χ0) is 13.8. The lowest BCUT2D eigenvalue weighted by molar-refractivity contribution is -0.119. The molecular weight excluding hydrogens is 266 g/mol. The fourth-order valence-electron chi connectivity index (χ4n) is 2.20. The van der Waals surface area contributed by atoms with Gasteiger partial charge in [0.05, 0.1) is 0 Å². The molecule has 19 heavy (non-hydrogen) atoms. The van der Waals surface area contributed by atoms with E-state index in [1.165, 1.54) is 13.1 Å². The largest absolute Gasteiger partial charge is 0.353 e. The first-order chi connectivity index (χ1) is 9.06. The Morgan fingerprint density at radius 3 is 2.68 bits per heavy atom. The van der Waals surface area contributed by atoms with Crippen LogP contribution in [0.2, 0.25) is 5.02 Å². The van der Waals surface area contributed by atoms with E-state index < -0.39 is 0 Å². The Balaban J connectivity index is 1.94. The highest BCUT2D eigenvalue weighted by atomic mass is 35.5. The average molecular weight is 282 g/mol. The van der Waals surface area contributed by atoms with Gasteiger partial charge < -0.3 is 10.2 Å². The van der Waals surface area contributed by atoms with Crippen LogP contribution in [0, 0.1) is 0 Å². The number of aromatic nitrogens is 1. The van der Waals surface area contributed by atoms with Gasteiger partial charge in [-0.2, -0.15) is 0 Å². The number of likely N-dealkylation sites (tertiary alicyclic amines) is 1. The van der Waals surface area contributed by atoms with Crippen molar-refractivity contribution in [1.82, 2.24) is 15.2 Å². The zero-order valence-corrected chi connectivity index (χ0v) is 11.5. The van der Waals surface area contributed by atoms with Gasteiger partial charge in [-0.15, -0.1) is 0 Å². The molecule has 102 valence electrons. The maximum absolute atomic E-state index is 12.2. The van der Waals surface area contributed by atoms with E-state index in [9.17, 15) is 9.59 Å². The number of nitrogens with one attached hydrogen (secondary N) is 1. The number of carbonyl (C=O) groups excluding carboxylic acids is 2. The zero-order valence-electron chi connectivity index (χ0n) is 10.7. The number of piperidine rings is 1. The summed E-state index contributed by atoms with van der Waals surface area (Å²) < 4.78 is 0. The molecule has 2 amide bonds. The van der Waals surface area contributed by atoms with Crippen molar-refractivity contribution < 1.29 is 9.59 Å². The van der Waals surface area contributed by atoms with Gasteiger partial charge in [-0.3, -0.25) is 14.6 Å². The van der Waals surface area contributed by atoms with Crippen molar-refractivity contribution in [3.63, 3.8) is 0 Å². The Bertz CT molecular complexity index is 485. The number of hydrogen-bond acceptors (Lipinski definition) is 3. The predicted octanol–water partition coefficient (Wildman–Crippen LogP) is 1.48. The van der Waals surface area contributed by atoms with E-state index >= 15 is 0 Å². The normalized spacial score (nSPS) is 16.2. The van der Waals surface area contributed by atoms with Crippen LogP contribution in [0.5, 0.6) is 0 Å². The van der Waals surface area contributed by atoms with Gasteiger partial charge in [0.25, 0.3) is 5.91 Å². The summed E-state index contributed by atoms with van der Waals surface area (Å²) in [4.78, 5) is 29.0. The summed E-state index contributed by atoms with van der Waals surface area (Å²) >= 11 is 5.85. The summed E-state index contributed by atoms with van der Waals surface area (Å²) in [5, 5.41) is 3.38. The number of nitrogens with zero attached hydrogens (tertiary/aromatic N) is 2.